The van der Waals surface area contributed by atoms with Gasteiger partial charge in [0.25, 0.3) is 0 Å². The number of rotatable bonds is 5. The Bertz CT molecular complexity index is 937. The standard InChI is InChI=1S/C18H22BrN7O/c1-3-24-6-8-25(9-7-24)14-5-4-13(10-15(14)27-2)22-17-18-20-12-21-26(18)11-16(19)23-17/h4-5,10-12H,3,6-9H2,1-2H3,(H,22,23). The number of ether oxygens (including phenoxy) is 1. The highest BCUT2D eigenvalue weighted by atomic mass is 79.9. The third-order valence-corrected chi connectivity index (χ3v) is 5.22. The van der Waals surface area contributed by atoms with Gasteiger partial charge in [-0.25, -0.2) is 14.5 Å². The van der Waals surface area contributed by atoms with E-state index in [1.807, 2.05) is 12.1 Å². The lowest BCUT2D eigenvalue weighted by Crippen LogP contribution is -2.46. The fraction of sp³-hybridized carbons (Fsp3) is 0.389. The zero-order chi connectivity index (χ0) is 18.8. The van der Waals surface area contributed by atoms with Crippen molar-refractivity contribution in [3.05, 3.63) is 35.3 Å². The molecule has 27 heavy (non-hydrogen) atoms. The van der Waals surface area contributed by atoms with Crippen molar-refractivity contribution in [1.82, 2.24) is 24.5 Å². The van der Waals surface area contributed by atoms with E-state index in [2.05, 4.69) is 59.1 Å². The zero-order valence-corrected chi connectivity index (χ0v) is 17.0. The molecule has 3 aromatic rings. The average Bonchev–Trinajstić information content (AvgIpc) is 3.16. The minimum Gasteiger partial charge on any atom is -0.495 e. The van der Waals surface area contributed by atoms with Gasteiger partial charge in [0.1, 0.15) is 16.7 Å². The van der Waals surface area contributed by atoms with E-state index in [-0.39, 0.29) is 0 Å². The van der Waals surface area contributed by atoms with E-state index in [9.17, 15) is 0 Å². The van der Waals surface area contributed by atoms with Gasteiger partial charge in [0.15, 0.2) is 11.5 Å². The van der Waals surface area contributed by atoms with E-state index in [0.717, 1.165) is 49.8 Å². The largest absolute Gasteiger partial charge is 0.495 e. The van der Waals surface area contributed by atoms with Crippen LogP contribution in [0.25, 0.3) is 5.65 Å². The number of aromatic nitrogens is 4. The van der Waals surface area contributed by atoms with Crippen LogP contribution in [-0.4, -0.2) is 64.3 Å². The van der Waals surface area contributed by atoms with E-state index in [1.54, 1.807) is 17.8 Å². The number of halogens is 1. The molecule has 3 heterocycles. The van der Waals surface area contributed by atoms with Crippen LogP contribution in [0.15, 0.2) is 35.3 Å². The molecule has 1 saturated heterocycles. The predicted molar refractivity (Wildman–Crippen MR) is 109 cm³/mol. The van der Waals surface area contributed by atoms with Gasteiger partial charge in [-0.3, -0.25) is 0 Å². The molecule has 0 saturated carbocycles. The van der Waals surface area contributed by atoms with Gasteiger partial charge in [0.05, 0.1) is 19.0 Å². The second kappa shape index (κ2) is 7.69. The Morgan fingerprint density at radius 3 is 2.78 bits per heavy atom. The molecule has 1 aromatic carbocycles. The number of fused-ring (bicyclic) bond motifs is 1. The first-order valence-electron chi connectivity index (χ1n) is 8.96. The zero-order valence-electron chi connectivity index (χ0n) is 15.4. The van der Waals surface area contributed by atoms with Crippen LogP contribution in [0, 0.1) is 0 Å². The number of anilines is 3. The lowest BCUT2D eigenvalue weighted by molar-refractivity contribution is 0.270. The Hall–Kier alpha value is -2.39. The van der Waals surface area contributed by atoms with E-state index in [0.29, 0.717) is 16.1 Å². The highest BCUT2D eigenvalue weighted by molar-refractivity contribution is 9.10. The molecule has 1 aliphatic heterocycles. The molecule has 0 unspecified atom stereocenters. The summed E-state index contributed by atoms with van der Waals surface area (Å²) in [7, 11) is 1.71. The van der Waals surface area contributed by atoms with Crippen molar-refractivity contribution < 1.29 is 4.74 Å². The maximum absolute atomic E-state index is 5.67. The number of nitrogens with one attached hydrogen (secondary N) is 1. The lowest BCUT2D eigenvalue weighted by Gasteiger charge is -2.36. The third-order valence-electron chi connectivity index (χ3n) is 4.83. The van der Waals surface area contributed by atoms with Crippen LogP contribution >= 0.6 is 15.9 Å². The summed E-state index contributed by atoms with van der Waals surface area (Å²) in [4.78, 5) is 13.6. The summed E-state index contributed by atoms with van der Waals surface area (Å²) in [5.74, 6) is 1.48. The fourth-order valence-corrected chi connectivity index (χ4v) is 3.71. The van der Waals surface area contributed by atoms with Crippen LogP contribution in [0.2, 0.25) is 0 Å². The molecule has 0 amide bonds. The van der Waals surface area contributed by atoms with Crippen molar-refractivity contribution in [3.8, 4) is 5.75 Å². The van der Waals surface area contributed by atoms with Crippen molar-refractivity contribution in [2.75, 3.05) is 50.1 Å². The molecule has 1 fully saturated rings. The quantitative estimate of drug-likeness (QED) is 0.665. The first-order valence-corrected chi connectivity index (χ1v) is 9.75. The van der Waals surface area contributed by atoms with Crippen molar-refractivity contribution in [2.24, 2.45) is 0 Å². The summed E-state index contributed by atoms with van der Waals surface area (Å²) in [6.07, 6.45) is 3.28. The fourth-order valence-electron chi connectivity index (χ4n) is 3.34. The van der Waals surface area contributed by atoms with Crippen LogP contribution in [0.3, 0.4) is 0 Å². The molecule has 1 N–H and O–H groups in total. The molecule has 0 aliphatic carbocycles. The Balaban J connectivity index is 1.59. The van der Waals surface area contributed by atoms with Crippen molar-refractivity contribution in [3.63, 3.8) is 0 Å². The summed E-state index contributed by atoms with van der Waals surface area (Å²) < 4.78 is 8.03. The summed E-state index contributed by atoms with van der Waals surface area (Å²) in [6, 6.07) is 6.14. The topological polar surface area (TPSA) is 70.8 Å². The Labute approximate surface area is 166 Å². The molecular formula is C18H22BrN7O. The summed E-state index contributed by atoms with van der Waals surface area (Å²) >= 11 is 3.41. The maximum Gasteiger partial charge on any atom is 0.198 e. The highest BCUT2D eigenvalue weighted by Gasteiger charge is 2.19. The number of hydrogen-bond acceptors (Lipinski definition) is 7. The van der Waals surface area contributed by atoms with Gasteiger partial charge in [-0.2, -0.15) is 5.10 Å². The van der Waals surface area contributed by atoms with Crippen molar-refractivity contribution in [2.45, 2.75) is 6.92 Å². The lowest BCUT2D eigenvalue weighted by atomic mass is 10.2. The van der Waals surface area contributed by atoms with E-state index in [4.69, 9.17) is 4.74 Å². The molecule has 8 nitrogen and oxygen atoms in total. The molecule has 1 aliphatic rings. The SMILES string of the molecule is CCN1CCN(c2ccc(Nc3nc(Br)cn4ncnc34)cc2OC)CC1. The van der Waals surface area contributed by atoms with E-state index < -0.39 is 0 Å². The molecule has 0 spiro atoms. The molecule has 0 radical (unpaired) electrons. The normalized spacial score (nSPS) is 15.3. The minimum absolute atomic E-state index is 0.633. The number of piperazine rings is 1. The monoisotopic (exact) mass is 431 g/mol. The van der Waals surface area contributed by atoms with Crippen LogP contribution < -0.4 is 15.0 Å². The average molecular weight is 432 g/mol. The van der Waals surface area contributed by atoms with Gasteiger partial charge >= 0.3 is 0 Å². The van der Waals surface area contributed by atoms with Crippen LogP contribution in [0.5, 0.6) is 5.75 Å². The summed E-state index contributed by atoms with van der Waals surface area (Å²) in [6.45, 7) is 7.47. The Kier molecular flexibility index (Phi) is 5.13. The Morgan fingerprint density at radius 2 is 2.04 bits per heavy atom. The first-order chi connectivity index (χ1) is 13.2. The molecule has 9 heteroatoms. The van der Waals surface area contributed by atoms with E-state index in [1.165, 1.54) is 6.33 Å². The van der Waals surface area contributed by atoms with Crippen molar-refractivity contribution in [1.29, 1.82) is 0 Å². The van der Waals surface area contributed by atoms with Gasteiger partial charge in [-0.15, -0.1) is 0 Å². The van der Waals surface area contributed by atoms with E-state index >= 15 is 0 Å². The third kappa shape index (κ3) is 3.70. The number of hydrogen-bond donors (Lipinski definition) is 1. The van der Waals surface area contributed by atoms with Crippen LogP contribution in [0.4, 0.5) is 17.2 Å². The minimum atomic E-state index is 0.633. The number of likely N-dealkylation sites (N-methyl/N-ethyl adjacent to an activating group) is 1. The smallest absolute Gasteiger partial charge is 0.198 e. The van der Waals surface area contributed by atoms with Gasteiger partial charge in [0, 0.05) is 37.9 Å². The molecule has 0 atom stereocenters. The second-order valence-electron chi connectivity index (χ2n) is 6.37. The molecule has 142 valence electrons. The second-order valence-corrected chi connectivity index (χ2v) is 7.19. The van der Waals surface area contributed by atoms with Gasteiger partial charge in [-0.1, -0.05) is 6.92 Å². The molecule has 2 aromatic heterocycles. The molecule has 0 bridgehead atoms. The van der Waals surface area contributed by atoms with Gasteiger partial charge in [0.2, 0.25) is 0 Å². The van der Waals surface area contributed by atoms with Gasteiger partial charge < -0.3 is 19.9 Å². The maximum atomic E-state index is 5.67. The summed E-state index contributed by atoms with van der Waals surface area (Å²) in [5, 5.41) is 7.49. The van der Waals surface area contributed by atoms with Gasteiger partial charge in [-0.05, 0) is 34.6 Å². The predicted octanol–water partition coefficient (Wildman–Crippen LogP) is 2.78. The molecule has 4 rings (SSSR count). The number of nitrogens with zero attached hydrogens (tertiary/aromatic N) is 6. The first kappa shape index (κ1) is 18.0. The summed E-state index contributed by atoms with van der Waals surface area (Å²) in [5.41, 5.74) is 2.67. The van der Waals surface area contributed by atoms with Crippen LogP contribution in [0.1, 0.15) is 6.92 Å². The Morgan fingerprint density at radius 1 is 1.22 bits per heavy atom. The van der Waals surface area contributed by atoms with Crippen LogP contribution in [-0.2, 0) is 0 Å². The molecular weight excluding hydrogens is 410 g/mol. The highest BCUT2D eigenvalue weighted by Crippen LogP contribution is 2.33. The number of methoxy groups -OCH3 is 1. The van der Waals surface area contributed by atoms with Crippen molar-refractivity contribution >= 4 is 38.8 Å². The number of benzene rings is 1.